The molecule has 4 nitrogen and oxygen atoms in total. The number of anilines is 1. The number of amides is 2. The van der Waals surface area contributed by atoms with Crippen LogP contribution in [0, 0.1) is 0 Å². The number of halogens is 1. The van der Waals surface area contributed by atoms with Gasteiger partial charge in [-0.3, -0.25) is 0 Å². The third kappa shape index (κ3) is 4.97. The van der Waals surface area contributed by atoms with E-state index in [1.165, 1.54) is 5.56 Å². The Balaban J connectivity index is 1.83. The van der Waals surface area contributed by atoms with Crippen LogP contribution < -0.4 is 15.4 Å². The predicted molar refractivity (Wildman–Crippen MR) is 89.5 cm³/mol. The van der Waals surface area contributed by atoms with Crippen molar-refractivity contribution < 1.29 is 9.53 Å². The van der Waals surface area contributed by atoms with Crippen LogP contribution in [0.4, 0.5) is 10.5 Å². The summed E-state index contributed by atoms with van der Waals surface area (Å²) in [5.74, 6) is 0.643. The monoisotopic (exact) mass is 318 g/mol. The molecule has 0 spiro atoms. The highest BCUT2D eigenvalue weighted by atomic mass is 35.5. The van der Waals surface area contributed by atoms with Crippen molar-refractivity contribution in [3.63, 3.8) is 0 Å². The van der Waals surface area contributed by atoms with Crippen LogP contribution in [0.1, 0.15) is 19.4 Å². The van der Waals surface area contributed by atoms with Crippen molar-refractivity contribution in [1.82, 2.24) is 5.32 Å². The fraction of sp³-hybridized carbons (Fsp3) is 0.235. The second-order valence-electron chi connectivity index (χ2n) is 4.86. The lowest BCUT2D eigenvalue weighted by atomic mass is 10.1. The molecule has 116 valence electrons. The average molecular weight is 319 g/mol. The summed E-state index contributed by atoms with van der Waals surface area (Å²) in [5, 5.41) is 6.12. The molecule has 0 bridgehead atoms. The lowest BCUT2D eigenvalue weighted by Gasteiger charge is -2.17. The third-order valence-electron chi connectivity index (χ3n) is 3.08. The van der Waals surface area contributed by atoms with Crippen LogP contribution in [0.15, 0.2) is 48.5 Å². The number of ether oxygens (including phenoxy) is 1. The second-order valence-corrected chi connectivity index (χ2v) is 5.30. The van der Waals surface area contributed by atoms with E-state index in [-0.39, 0.29) is 6.03 Å². The van der Waals surface area contributed by atoms with E-state index in [1.54, 1.807) is 31.2 Å². The maximum Gasteiger partial charge on any atom is 0.322 e. The standard InChI is InChI=1S/C17H19ClN2O2/c1-3-13-4-8-15(9-5-13)20-17(21)19-12(2)22-16-10-6-14(18)7-11-16/h4-12H,3H2,1-2H3,(H2,19,20,21). The summed E-state index contributed by atoms with van der Waals surface area (Å²) < 4.78 is 5.58. The summed E-state index contributed by atoms with van der Waals surface area (Å²) in [7, 11) is 0. The molecule has 0 saturated carbocycles. The van der Waals surface area contributed by atoms with Gasteiger partial charge in [0.1, 0.15) is 5.75 Å². The van der Waals surface area contributed by atoms with E-state index in [0.29, 0.717) is 10.8 Å². The minimum Gasteiger partial charge on any atom is -0.471 e. The number of urea groups is 1. The number of benzene rings is 2. The van der Waals surface area contributed by atoms with Gasteiger partial charge in [0.25, 0.3) is 0 Å². The van der Waals surface area contributed by atoms with Crippen molar-refractivity contribution in [3.05, 3.63) is 59.1 Å². The molecule has 2 N–H and O–H groups in total. The minimum atomic E-state index is -0.462. The molecule has 0 fully saturated rings. The largest absolute Gasteiger partial charge is 0.471 e. The van der Waals surface area contributed by atoms with Gasteiger partial charge >= 0.3 is 6.03 Å². The van der Waals surface area contributed by atoms with Gasteiger partial charge in [-0.1, -0.05) is 30.7 Å². The molecular weight excluding hydrogens is 300 g/mol. The topological polar surface area (TPSA) is 50.4 Å². The highest BCUT2D eigenvalue weighted by molar-refractivity contribution is 6.30. The third-order valence-corrected chi connectivity index (χ3v) is 3.33. The summed E-state index contributed by atoms with van der Waals surface area (Å²) in [6, 6.07) is 14.4. The van der Waals surface area contributed by atoms with Gasteiger partial charge in [-0.2, -0.15) is 0 Å². The number of carbonyl (C=O) groups is 1. The molecule has 0 aliphatic carbocycles. The van der Waals surface area contributed by atoms with Gasteiger partial charge in [-0.05, 0) is 55.3 Å². The molecule has 0 radical (unpaired) electrons. The highest BCUT2D eigenvalue weighted by Crippen LogP contribution is 2.16. The van der Waals surface area contributed by atoms with Crippen LogP contribution in [0.3, 0.4) is 0 Å². The molecule has 2 aromatic carbocycles. The number of carbonyl (C=O) groups excluding carboxylic acids is 1. The number of nitrogens with one attached hydrogen (secondary N) is 2. The van der Waals surface area contributed by atoms with Gasteiger partial charge in [-0.25, -0.2) is 4.79 Å². The molecule has 5 heteroatoms. The summed E-state index contributed by atoms with van der Waals surface area (Å²) in [4.78, 5) is 11.9. The molecule has 0 aliphatic heterocycles. The highest BCUT2D eigenvalue weighted by Gasteiger charge is 2.08. The van der Waals surface area contributed by atoms with Crippen LogP contribution in [0.2, 0.25) is 5.02 Å². The maximum atomic E-state index is 11.9. The molecule has 0 aromatic heterocycles. The molecule has 0 aliphatic rings. The van der Waals surface area contributed by atoms with Crippen LogP contribution >= 0.6 is 11.6 Å². The summed E-state index contributed by atoms with van der Waals surface area (Å²) >= 11 is 5.81. The Hall–Kier alpha value is -2.20. The molecule has 2 aromatic rings. The Bertz CT molecular complexity index is 612. The van der Waals surface area contributed by atoms with Gasteiger partial charge in [0.2, 0.25) is 0 Å². The Morgan fingerprint density at radius 3 is 2.36 bits per heavy atom. The van der Waals surface area contributed by atoms with E-state index in [0.717, 1.165) is 12.1 Å². The van der Waals surface area contributed by atoms with Crippen molar-refractivity contribution >= 4 is 23.3 Å². The van der Waals surface area contributed by atoms with Crippen molar-refractivity contribution in [2.45, 2.75) is 26.5 Å². The van der Waals surface area contributed by atoms with Crippen molar-refractivity contribution in [3.8, 4) is 5.75 Å². The molecule has 1 atom stereocenters. The van der Waals surface area contributed by atoms with Crippen LogP contribution in [-0.4, -0.2) is 12.3 Å². The lowest BCUT2D eigenvalue weighted by molar-refractivity contribution is 0.183. The Kier molecular flexibility index (Phi) is 5.67. The first-order valence-electron chi connectivity index (χ1n) is 7.15. The fourth-order valence-corrected chi connectivity index (χ4v) is 2.05. The summed E-state index contributed by atoms with van der Waals surface area (Å²) in [5.41, 5.74) is 1.97. The Morgan fingerprint density at radius 2 is 1.77 bits per heavy atom. The van der Waals surface area contributed by atoms with Gasteiger partial charge in [0.05, 0.1) is 0 Å². The molecule has 1 unspecified atom stereocenters. The predicted octanol–water partition coefficient (Wildman–Crippen LogP) is 4.45. The zero-order valence-corrected chi connectivity index (χ0v) is 13.4. The summed E-state index contributed by atoms with van der Waals surface area (Å²) in [6.07, 6.45) is 0.509. The van der Waals surface area contributed by atoms with Gasteiger partial charge in [0, 0.05) is 10.7 Å². The molecule has 22 heavy (non-hydrogen) atoms. The van der Waals surface area contributed by atoms with Gasteiger partial charge in [0.15, 0.2) is 6.23 Å². The van der Waals surface area contributed by atoms with E-state index >= 15 is 0 Å². The van der Waals surface area contributed by atoms with E-state index in [9.17, 15) is 4.79 Å². The normalized spacial score (nSPS) is 11.6. The molecule has 0 heterocycles. The van der Waals surface area contributed by atoms with Crippen LogP contribution in [-0.2, 0) is 6.42 Å². The van der Waals surface area contributed by atoms with Crippen LogP contribution in [0.5, 0.6) is 5.75 Å². The zero-order valence-electron chi connectivity index (χ0n) is 12.6. The zero-order chi connectivity index (χ0) is 15.9. The average Bonchev–Trinajstić information content (AvgIpc) is 2.50. The molecule has 2 rings (SSSR count). The van der Waals surface area contributed by atoms with Gasteiger partial charge < -0.3 is 15.4 Å². The SMILES string of the molecule is CCc1ccc(NC(=O)NC(C)Oc2ccc(Cl)cc2)cc1. The molecule has 2 amide bonds. The fourth-order valence-electron chi connectivity index (χ4n) is 1.92. The van der Waals surface area contributed by atoms with E-state index in [4.69, 9.17) is 16.3 Å². The van der Waals surface area contributed by atoms with Crippen molar-refractivity contribution in [2.75, 3.05) is 5.32 Å². The number of hydrogen-bond donors (Lipinski definition) is 2. The smallest absolute Gasteiger partial charge is 0.322 e. The first-order chi connectivity index (χ1) is 10.6. The quantitative estimate of drug-likeness (QED) is 0.800. The maximum absolute atomic E-state index is 11.9. The minimum absolute atomic E-state index is 0.314. The van der Waals surface area contributed by atoms with E-state index < -0.39 is 6.23 Å². The molecular formula is C17H19ClN2O2. The Labute approximate surface area is 135 Å². The van der Waals surface area contributed by atoms with E-state index in [2.05, 4.69) is 17.6 Å². The van der Waals surface area contributed by atoms with Gasteiger partial charge in [-0.15, -0.1) is 0 Å². The lowest BCUT2D eigenvalue weighted by Crippen LogP contribution is -2.39. The first kappa shape index (κ1) is 16.2. The number of rotatable bonds is 5. The van der Waals surface area contributed by atoms with Crippen molar-refractivity contribution in [1.29, 1.82) is 0 Å². The summed E-state index contributed by atoms with van der Waals surface area (Å²) in [6.45, 7) is 3.85. The second kappa shape index (κ2) is 7.71. The number of hydrogen-bond acceptors (Lipinski definition) is 2. The van der Waals surface area contributed by atoms with Crippen molar-refractivity contribution in [2.24, 2.45) is 0 Å². The molecule has 0 saturated heterocycles. The Morgan fingerprint density at radius 1 is 1.14 bits per heavy atom. The number of aryl methyl sites for hydroxylation is 1. The van der Waals surface area contributed by atoms with E-state index in [1.807, 2.05) is 24.3 Å². The first-order valence-corrected chi connectivity index (χ1v) is 7.53. The van der Waals surface area contributed by atoms with Crippen LogP contribution in [0.25, 0.3) is 0 Å².